The smallest absolute Gasteiger partial charge is 0.284 e. The van der Waals surface area contributed by atoms with Crippen molar-refractivity contribution in [3.63, 3.8) is 0 Å². The van der Waals surface area contributed by atoms with Gasteiger partial charge in [0.15, 0.2) is 0 Å². The fraction of sp³-hybridized carbons (Fsp3) is 0.118. The number of aromatic nitrogens is 2. The molecule has 0 saturated heterocycles. The lowest BCUT2D eigenvalue weighted by molar-refractivity contribution is 0.108. The van der Waals surface area contributed by atoms with E-state index in [-0.39, 0.29) is 10.3 Å². The SMILES string of the molecule is COc1ccc(-c2nnc(SC(=O)c3cccc(OC)c3)o2)cc1. The van der Waals surface area contributed by atoms with Gasteiger partial charge in [0.25, 0.3) is 5.22 Å². The first-order valence-corrected chi connectivity index (χ1v) is 7.85. The van der Waals surface area contributed by atoms with Gasteiger partial charge in [0.2, 0.25) is 11.0 Å². The number of hydrogen-bond donors (Lipinski definition) is 0. The maximum atomic E-state index is 12.3. The van der Waals surface area contributed by atoms with Crippen LogP contribution in [0.2, 0.25) is 0 Å². The van der Waals surface area contributed by atoms with Crippen LogP contribution in [0.4, 0.5) is 0 Å². The van der Waals surface area contributed by atoms with E-state index in [0.717, 1.165) is 23.1 Å². The number of methoxy groups -OCH3 is 2. The summed E-state index contributed by atoms with van der Waals surface area (Å²) in [5.74, 6) is 1.70. The van der Waals surface area contributed by atoms with Crippen molar-refractivity contribution >= 4 is 16.9 Å². The molecular formula is C17H14N2O4S. The van der Waals surface area contributed by atoms with E-state index < -0.39 is 0 Å². The van der Waals surface area contributed by atoms with Gasteiger partial charge >= 0.3 is 0 Å². The Morgan fingerprint density at radius 2 is 1.75 bits per heavy atom. The van der Waals surface area contributed by atoms with Crippen molar-refractivity contribution < 1.29 is 18.7 Å². The zero-order valence-electron chi connectivity index (χ0n) is 13.1. The summed E-state index contributed by atoms with van der Waals surface area (Å²) in [6, 6.07) is 14.1. The number of benzene rings is 2. The molecule has 1 aromatic heterocycles. The van der Waals surface area contributed by atoms with E-state index in [9.17, 15) is 4.79 Å². The zero-order chi connectivity index (χ0) is 16.9. The molecule has 7 heteroatoms. The van der Waals surface area contributed by atoms with Crippen molar-refractivity contribution in [1.29, 1.82) is 0 Å². The van der Waals surface area contributed by atoms with Crippen molar-refractivity contribution in [3.8, 4) is 23.0 Å². The van der Waals surface area contributed by atoms with Crippen LogP contribution in [0.3, 0.4) is 0 Å². The second-order valence-electron chi connectivity index (χ2n) is 4.72. The molecule has 0 amide bonds. The summed E-state index contributed by atoms with van der Waals surface area (Å²) in [4.78, 5) is 12.3. The molecule has 0 fully saturated rings. The lowest BCUT2D eigenvalue weighted by Gasteiger charge is -2.01. The van der Waals surface area contributed by atoms with Crippen molar-refractivity contribution in [1.82, 2.24) is 10.2 Å². The highest BCUT2D eigenvalue weighted by Gasteiger charge is 2.15. The number of carbonyl (C=O) groups excluding carboxylic acids is 1. The Labute approximate surface area is 142 Å². The fourth-order valence-electron chi connectivity index (χ4n) is 1.99. The summed E-state index contributed by atoms with van der Waals surface area (Å²) in [7, 11) is 3.15. The van der Waals surface area contributed by atoms with Crippen molar-refractivity contribution in [2.24, 2.45) is 0 Å². The lowest BCUT2D eigenvalue weighted by Crippen LogP contribution is -1.94. The van der Waals surface area contributed by atoms with Crippen LogP contribution >= 0.6 is 11.8 Å². The average Bonchev–Trinajstić information content (AvgIpc) is 3.10. The van der Waals surface area contributed by atoms with E-state index in [1.54, 1.807) is 50.6 Å². The second-order valence-corrected chi connectivity index (χ2v) is 5.65. The summed E-state index contributed by atoms with van der Waals surface area (Å²) in [5, 5.41) is 7.87. The number of hydrogen-bond acceptors (Lipinski definition) is 7. The number of carbonyl (C=O) groups is 1. The molecule has 0 unspecified atom stereocenters. The third-order valence-corrected chi connectivity index (χ3v) is 3.99. The third kappa shape index (κ3) is 3.57. The quantitative estimate of drug-likeness (QED) is 0.655. The van der Waals surface area contributed by atoms with Gasteiger partial charge in [-0.1, -0.05) is 12.1 Å². The van der Waals surface area contributed by atoms with Crippen LogP contribution in [0.25, 0.3) is 11.5 Å². The minimum atomic E-state index is -0.196. The highest BCUT2D eigenvalue weighted by atomic mass is 32.2. The first kappa shape index (κ1) is 16.1. The van der Waals surface area contributed by atoms with Gasteiger partial charge in [0.05, 0.1) is 14.2 Å². The Morgan fingerprint density at radius 3 is 2.46 bits per heavy atom. The maximum Gasteiger partial charge on any atom is 0.284 e. The van der Waals surface area contributed by atoms with Crippen LogP contribution in [0.15, 0.2) is 58.2 Å². The summed E-state index contributed by atoms with van der Waals surface area (Å²) in [6.45, 7) is 0. The van der Waals surface area contributed by atoms with Crippen LogP contribution < -0.4 is 9.47 Å². The molecule has 0 radical (unpaired) electrons. The van der Waals surface area contributed by atoms with E-state index in [1.807, 2.05) is 12.1 Å². The first-order valence-electron chi connectivity index (χ1n) is 7.04. The molecule has 0 bridgehead atoms. The van der Waals surface area contributed by atoms with E-state index >= 15 is 0 Å². The Balaban J connectivity index is 1.74. The highest BCUT2D eigenvalue weighted by molar-refractivity contribution is 8.14. The van der Waals surface area contributed by atoms with Gasteiger partial charge < -0.3 is 13.9 Å². The Kier molecular flexibility index (Phi) is 4.81. The number of nitrogens with zero attached hydrogens (tertiary/aromatic N) is 2. The van der Waals surface area contributed by atoms with Crippen molar-refractivity contribution in [2.45, 2.75) is 5.22 Å². The van der Waals surface area contributed by atoms with Crippen LogP contribution in [0.5, 0.6) is 11.5 Å². The molecule has 0 aliphatic rings. The standard InChI is InChI=1S/C17H14N2O4S/c1-21-13-8-6-11(7-9-13)15-18-19-17(23-15)24-16(20)12-4-3-5-14(10-12)22-2/h3-10H,1-2H3. The molecular weight excluding hydrogens is 328 g/mol. The molecule has 3 aromatic rings. The largest absolute Gasteiger partial charge is 0.497 e. The predicted molar refractivity (Wildman–Crippen MR) is 89.5 cm³/mol. The molecule has 6 nitrogen and oxygen atoms in total. The van der Waals surface area contributed by atoms with E-state index in [4.69, 9.17) is 13.9 Å². The topological polar surface area (TPSA) is 74.5 Å². The van der Waals surface area contributed by atoms with Gasteiger partial charge in [-0.3, -0.25) is 4.79 Å². The third-order valence-electron chi connectivity index (χ3n) is 3.23. The molecule has 0 aliphatic heterocycles. The molecule has 0 N–H and O–H groups in total. The summed E-state index contributed by atoms with van der Waals surface area (Å²) in [5.41, 5.74) is 1.26. The maximum absolute atomic E-state index is 12.3. The van der Waals surface area contributed by atoms with Gasteiger partial charge in [0.1, 0.15) is 11.5 Å². The van der Waals surface area contributed by atoms with Crippen LogP contribution in [-0.2, 0) is 0 Å². The predicted octanol–water partition coefficient (Wildman–Crippen LogP) is 3.69. The van der Waals surface area contributed by atoms with Gasteiger partial charge in [-0.15, -0.1) is 10.2 Å². The van der Waals surface area contributed by atoms with Gasteiger partial charge in [-0.05, 0) is 36.4 Å². The van der Waals surface area contributed by atoms with Crippen LogP contribution in [0, 0.1) is 0 Å². The molecule has 1 heterocycles. The van der Waals surface area contributed by atoms with Gasteiger partial charge in [-0.2, -0.15) is 0 Å². The highest BCUT2D eigenvalue weighted by Crippen LogP contribution is 2.27. The van der Waals surface area contributed by atoms with Crippen LogP contribution in [0.1, 0.15) is 10.4 Å². The second kappa shape index (κ2) is 7.18. The summed E-state index contributed by atoms with van der Waals surface area (Å²) < 4.78 is 15.8. The summed E-state index contributed by atoms with van der Waals surface area (Å²) >= 11 is 0.880. The Hall–Kier alpha value is -2.80. The Morgan fingerprint density at radius 1 is 1.00 bits per heavy atom. The first-order chi connectivity index (χ1) is 11.7. The Bertz CT molecular complexity index is 846. The minimum Gasteiger partial charge on any atom is -0.497 e. The number of thioether (sulfide) groups is 1. The zero-order valence-corrected chi connectivity index (χ0v) is 13.9. The van der Waals surface area contributed by atoms with Crippen molar-refractivity contribution in [2.75, 3.05) is 14.2 Å². The average molecular weight is 342 g/mol. The molecule has 0 aliphatic carbocycles. The molecule has 3 rings (SSSR count). The van der Waals surface area contributed by atoms with Gasteiger partial charge in [-0.25, -0.2) is 0 Å². The monoisotopic (exact) mass is 342 g/mol. The molecule has 122 valence electrons. The van der Waals surface area contributed by atoms with Crippen molar-refractivity contribution in [3.05, 3.63) is 54.1 Å². The molecule has 2 aromatic carbocycles. The molecule has 0 spiro atoms. The van der Waals surface area contributed by atoms with E-state index in [2.05, 4.69) is 10.2 Å². The fourth-order valence-corrected chi connectivity index (χ4v) is 2.60. The van der Waals surface area contributed by atoms with Crippen LogP contribution in [-0.4, -0.2) is 29.5 Å². The minimum absolute atomic E-state index is 0.189. The lowest BCUT2D eigenvalue weighted by atomic mass is 10.2. The normalized spacial score (nSPS) is 10.4. The molecule has 0 atom stereocenters. The number of rotatable bonds is 5. The summed E-state index contributed by atoms with van der Waals surface area (Å²) in [6.07, 6.45) is 0. The van der Waals surface area contributed by atoms with Gasteiger partial charge in [0, 0.05) is 22.9 Å². The molecule has 0 saturated carbocycles. The van der Waals surface area contributed by atoms with E-state index in [0.29, 0.717) is 17.2 Å². The van der Waals surface area contributed by atoms with E-state index in [1.165, 1.54) is 0 Å². The number of ether oxygens (including phenoxy) is 2. The molecule has 24 heavy (non-hydrogen) atoms.